The van der Waals surface area contributed by atoms with E-state index in [4.69, 9.17) is 61.6 Å². The zero-order valence-corrected chi connectivity index (χ0v) is 57.0. The molecule has 1 aliphatic heterocycles. The van der Waals surface area contributed by atoms with Gasteiger partial charge in [-0.3, -0.25) is 0 Å². The van der Waals surface area contributed by atoms with Crippen molar-refractivity contribution in [3.8, 4) is 63.9 Å². The number of halogens is 2. The molecular formula is C82H84ClFO13. The van der Waals surface area contributed by atoms with E-state index in [2.05, 4.69) is 120 Å². The molecule has 0 atom stereocenters. The number of carboxylic acid groups (broad SMARTS) is 3. The minimum Gasteiger partial charge on any atom is -0.491 e. The molecule has 0 unspecified atom stereocenters. The molecule has 0 bridgehead atoms. The second-order valence-electron chi connectivity index (χ2n) is 22.4. The number of aliphatic hydroxyl groups is 4. The van der Waals surface area contributed by atoms with Crippen molar-refractivity contribution < 1.29 is 68.7 Å². The fourth-order valence-corrected chi connectivity index (χ4v) is 8.44. The first kappa shape index (κ1) is 80.5. The largest absolute Gasteiger partial charge is 0.491 e. The quantitative estimate of drug-likeness (QED) is 0.0600. The van der Waals surface area contributed by atoms with Crippen molar-refractivity contribution in [2.24, 2.45) is 0 Å². The van der Waals surface area contributed by atoms with Crippen LogP contribution in [0.4, 0.5) is 4.39 Å². The zero-order valence-electron chi connectivity index (χ0n) is 56.2. The van der Waals surface area contributed by atoms with E-state index >= 15 is 0 Å². The fourth-order valence-electron chi connectivity index (χ4n) is 8.32. The summed E-state index contributed by atoms with van der Waals surface area (Å²) in [6.45, 7) is 20.7. The highest BCUT2D eigenvalue weighted by atomic mass is 35.5. The van der Waals surface area contributed by atoms with Gasteiger partial charge in [-0.15, -0.1) is 0 Å². The standard InChI is InChI=1S/C15H14O.C14H16O2.C12H16O2.C11H14O.C10H11ClO.C10H7FO2.C10H6O4/c16-12-4-5-13-8-10-15(11-9-13)14-6-2-1-3-7-14;1-10-5-6-11(7-8-13(15)16)9-12(10)14(2,3)4;1-10(2)14-12-7-5-11(6-8-12)4-3-9-13;1-9-5-6-11(4-3-7-12)8-10(9)2;1-8-7-9(3-2-6-12)4-5-10(8)11;1-7-6-8(2-4-9(7)11)3-5-10(12)13;11-10(12)4-2-7-1-3-8-9(5-7)14-6-13-8/h1-11,16H,12H2;5-6,9H,1-4H3,(H,15,16);3-8,10,13H,9H2,1-2H3;3-6,8,12H,7H2,1-2H3;2-5,7,12H,6H2,1H3;2,4,6H,1H3,(H,12,13);1,3,5H,6H2,(H,11,12)/b5-4+;;2*4-3+;3-2+;;. The number of carboxylic acids is 3. The number of ether oxygens (including phenoxy) is 3. The van der Waals surface area contributed by atoms with Crippen molar-refractivity contribution in [1.82, 2.24) is 0 Å². The number of fused-ring (bicyclic) bond motifs is 1. The number of hydrogen-bond acceptors (Lipinski definition) is 10. The second-order valence-corrected chi connectivity index (χ2v) is 22.8. The van der Waals surface area contributed by atoms with Crippen LogP contribution in [-0.2, 0) is 19.8 Å². The van der Waals surface area contributed by atoms with E-state index in [9.17, 15) is 18.8 Å². The molecule has 0 saturated heterocycles. The van der Waals surface area contributed by atoms with Crippen LogP contribution in [-0.4, -0.2) is 93.0 Å². The van der Waals surface area contributed by atoms with Crippen LogP contribution in [0.25, 0.3) is 35.4 Å². The minimum absolute atomic E-state index is 0.0466. The number of aliphatic carboxylic acids is 3. The molecule has 1 heterocycles. The topological polar surface area (TPSA) is 221 Å². The van der Waals surface area contributed by atoms with Gasteiger partial charge in [0.1, 0.15) is 11.6 Å². The van der Waals surface area contributed by atoms with Gasteiger partial charge in [0.15, 0.2) is 11.5 Å². The second kappa shape index (κ2) is 44.0. The van der Waals surface area contributed by atoms with E-state index in [1.807, 2.05) is 136 Å². The first-order valence-corrected chi connectivity index (χ1v) is 31.0. The molecular weight excluding hydrogens is 1250 g/mol. The molecule has 0 radical (unpaired) electrons. The fraction of sp³-hybridized carbons (Fsp3) is 0.207. The van der Waals surface area contributed by atoms with E-state index in [0.29, 0.717) is 28.2 Å². The summed E-state index contributed by atoms with van der Waals surface area (Å²) in [6, 6.07) is 53.4. The predicted octanol–water partition coefficient (Wildman–Crippen LogP) is 16.0. The lowest BCUT2D eigenvalue weighted by Crippen LogP contribution is -2.13. The van der Waals surface area contributed by atoms with Crippen molar-refractivity contribution in [2.45, 2.75) is 80.8 Å². The Morgan fingerprint density at radius 3 is 1.38 bits per heavy atom. The number of rotatable bonds is 11. The SMILES string of the molecule is CC(C)Oc1ccc(/C=C/CO)cc1.Cc1cc(/C=C/CO)ccc1Cl.Cc1cc(C#CC(=O)O)ccc1F.Cc1ccc(/C=C/CO)cc1C.Cc1ccc(C#CC(=O)O)cc1C(C)(C)C.O=C(O)C#Cc1ccc2c(c1)OCO2.OC/C=C/c1ccc(-c2ccccc2)cc1. The summed E-state index contributed by atoms with van der Waals surface area (Å²) in [7, 11) is 0. The molecule has 15 heteroatoms. The van der Waals surface area contributed by atoms with Gasteiger partial charge < -0.3 is 50.0 Å². The summed E-state index contributed by atoms with van der Waals surface area (Å²) in [5.74, 6) is 12.0. The van der Waals surface area contributed by atoms with E-state index in [1.54, 1.807) is 49.4 Å². The van der Waals surface area contributed by atoms with Crippen LogP contribution < -0.4 is 14.2 Å². The molecule has 0 aromatic heterocycles. The van der Waals surface area contributed by atoms with Crippen LogP contribution in [0.2, 0.25) is 5.02 Å². The molecule has 504 valence electrons. The maximum Gasteiger partial charge on any atom is 0.382 e. The molecule has 13 nitrogen and oxygen atoms in total. The zero-order chi connectivity index (χ0) is 71.7. The Morgan fingerprint density at radius 1 is 0.485 bits per heavy atom. The van der Waals surface area contributed by atoms with Crippen molar-refractivity contribution in [2.75, 3.05) is 33.2 Å². The summed E-state index contributed by atoms with van der Waals surface area (Å²) in [4.78, 5) is 30.6. The Bertz CT molecular complexity index is 4070. The van der Waals surface area contributed by atoms with Gasteiger partial charge in [-0.25, -0.2) is 18.8 Å². The summed E-state index contributed by atoms with van der Waals surface area (Å²) >= 11 is 5.84. The maximum atomic E-state index is 12.7. The van der Waals surface area contributed by atoms with Gasteiger partial charge in [0.2, 0.25) is 6.79 Å². The van der Waals surface area contributed by atoms with Crippen molar-refractivity contribution in [1.29, 1.82) is 0 Å². The molecule has 8 aromatic rings. The molecule has 0 fully saturated rings. The smallest absolute Gasteiger partial charge is 0.382 e. The lowest BCUT2D eigenvalue weighted by atomic mass is 9.83. The third-order valence-electron chi connectivity index (χ3n) is 13.2. The van der Waals surface area contributed by atoms with Crippen molar-refractivity contribution in [3.63, 3.8) is 0 Å². The van der Waals surface area contributed by atoms with Gasteiger partial charge in [0.05, 0.1) is 32.5 Å². The first-order valence-electron chi connectivity index (χ1n) is 30.6. The third kappa shape index (κ3) is 33.3. The van der Waals surface area contributed by atoms with Crippen LogP contribution in [0.15, 0.2) is 194 Å². The summed E-state index contributed by atoms with van der Waals surface area (Å²) in [5.41, 5.74) is 15.2. The molecule has 97 heavy (non-hydrogen) atoms. The van der Waals surface area contributed by atoms with E-state index in [1.165, 1.54) is 51.6 Å². The number of carbonyl (C=O) groups is 3. The van der Waals surface area contributed by atoms with Crippen LogP contribution >= 0.6 is 11.6 Å². The molecule has 0 saturated carbocycles. The maximum absolute atomic E-state index is 12.7. The molecule has 1 aliphatic rings. The average molecular weight is 1330 g/mol. The van der Waals surface area contributed by atoms with E-state index < -0.39 is 17.9 Å². The van der Waals surface area contributed by atoms with Gasteiger partial charge in [-0.05, 0) is 187 Å². The average Bonchev–Trinajstić information content (AvgIpc) is 2.01. The van der Waals surface area contributed by atoms with E-state index in [-0.39, 0.29) is 50.6 Å². The molecule has 0 aliphatic carbocycles. The van der Waals surface area contributed by atoms with Crippen molar-refractivity contribution >= 4 is 53.8 Å². The first-order chi connectivity index (χ1) is 46.2. The summed E-state index contributed by atoms with van der Waals surface area (Å²) < 4.78 is 28.4. The van der Waals surface area contributed by atoms with Crippen LogP contribution in [0.5, 0.6) is 17.2 Å². The number of aliphatic hydroxyl groups excluding tert-OH is 4. The van der Waals surface area contributed by atoms with Crippen molar-refractivity contribution in [3.05, 3.63) is 277 Å². The molecule has 0 amide bonds. The highest BCUT2D eigenvalue weighted by Crippen LogP contribution is 2.32. The normalized spacial score (nSPS) is 10.7. The van der Waals surface area contributed by atoms with Gasteiger partial charge in [0.25, 0.3) is 0 Å². The number of hydrogen-bond donors (Lipinski definition) is 7. The van der Waals surface area contributed by atoms with Crippen LogP contribution in [0.3, 0.4) is 0 Å². The lowest BCUT2D eigenvalue weighted by molar-refractivity contribution is -0.131. The Balaban J connectivity index is 0.000000295. The highest BCUT2D eigenvalue weighted by molar-refractivity contribution is 6.31. The lowest BCUT2D eigenvalue weighted by Gasteiger charge is -2.21. The Morgan fingerprint density at radius 2 is 0.907 bits per heavy atom. The van der Waals surface area contributed by atoms with Gasteiger partial charge in [-0.2, -0.15) is 0 Å². The van der Waals surface area contributed by atoms with Crippen LogP contribution in [0, 0.1) is 76.0 Å². The third-order valence-corrected chi connectivity index (χ3v) is 13.6. The molecule has 9 rings (SSSR count). The monoisotopic (exact) mass is 1330 g/mol. The number of aryl methyl sites for hydroxylation is 5. The van der Waals surface area contributed by atoms with Gasteiger partial charge >= 0.3 is 17.9 Å². The number of benzene rings is 8. The van der Waals surface area contributed by atoms with Crippen LogP contribution in [0.1, 0.15) is 107 Å². The highest BCUT2D eigenvalue weighted by Gasteiger charge is 2.16. The van der Waals surface area contributed by atoms with Gasteiger partial charge in [-0.1, -0.05) is 202 Å². The Labute approximate surface area is 574 Å². The predicted molar refractivity (Wildman–Crippen MR) is 388 cm³/mol. The van der Waals surface area contributed by atoms with Gasteiger partial charge in [0, 0.05) is 39.5 Å². The Kier molecular flexibility index (Phi) is 36.5. The van der Waals surface area contributed by atoms with E-state index in [0.717, 1.165) is 44.2 Å². The molecule has 0 spiro atoms. The summed E-state index contributed by atoms with van der Waals surface area (Å²) in [5, 5.41) is 60.2. The summed E-state index contributed by atoms with van der Waals surface area (Å²) in [6.07, 6.45) is 14.7. The minimum atomic E-state index is -1.19. The Hall–Kier alpha value is -10.7. The molecule has 8 aromatic carbocycles. The molecule has 7 N–H and O–H groups in total.